The number of urea groups is 1. The number of ether oxygens (including phenoxy) is 1. The Kier molecular flexibility index (Phi) is 4.72. The van der Waals surface area contributed by atoms with Crippen LogP contribution in [0.4, 0.5) is 4.79 Å². The second-order valence-corrected chi connectivity index (χ2v) is 7.78. The standard InChI is InChI=1S/C12H20N2O6S/c1-20-9-6-10(11(15)16)14(7-9)12(17)13-8-2-4-21(18,19)5-3-8/h8-10H,2-7H2,1H3,(H,13,17)(H,15,16). The first-order valence-corrected chi connectivity index (χ1v) is 8.67. The van der Waals surface area contributed by atoms with Crippen molar-refractivity contribution < 1.29 is 27.9 Å². The number of hydrogen-bond donors (Lipinski definition) is 2. The Morgan fingerprint density at radius 2 is 1.90 bits per heavy atom. The molecule has 120 valence electrons. The third-order valence-corrected chi connectivity index (χ3v) is 5.74. The first-order valence-electron chi connectivity index (χ1n) is 6.85. The van der Waals surface area contributed by atoms with Gasteiger partial charge in [-0.25, -0.2) is 18.0 Å². The van der Waals surface area contributed by atoms with E-state index >= 15 is 0 Å². The molecule has 21 heavy (non-hydrogen) atoms. The predicted octanol–water partition coefficient (Wildman–Crippen LogP) is -0.553. The Bertz CT molecular complexity index is 506. The minimum absolute atomic E-state index is 0.0565. The van der Waals surface area contributed by atoms with Crippen LogP contribution in [0.1, 0.15) is 19.3 Å². The van der Waals surface area contributed by atoms with Gasteiger partial charge in [0.15, 0.2) is 0 Å². The van der Waals surface area contributed by atoms with Crippen molar-refractivity contribution in [3.63, 3.8) is 0 Å². The number of carboxylic acids is 1. The maximum atomic E-state index is 12.2. The van der Waals surface area contributed by atoms with Gasteiger partial charge >= 0.3 is 12.0 Å². The van der Waals surface area contributed by atoms with Gasteiger partial charge in [0, 0.05) is 26.1 Å². The smallest absolute Gasteiger partial charge is 0.326 e. The molecule has 0 spiro atoms. The number of carbonyl (C=O) groups is 2. The maximum absolute atomic E-state index is 12.2. The van der Waals surface area contributed by atoms with Gasteiger partial charge in [0.1, 0.15) is 15.9 Å². The Morgan fingerprint density at radius 1 is 1.29 bits per heavy atom. The summed E-state index contributed by atoms with van der Waals surface area (Å²) in [4.78, 5) is 24.6. The van der Waals surface area contributed by atoms with Crippen LogP contribution < -0.4 is 5.32 Å². The molecule has 0 aromatic carbocycles. The van der Waals surface area contributed by atoms with Crippen molar-refractivity contribution in [3.05, 3.63) is 0 Å². The molecular formula is C12H20N2O6S. The quantitative estimate of drug-likeness (QED) is 0.721. The third-order valence-electron chi connectivity index (χ3n) is 4.02. The highest BCUT2D eigenvalue weighted by Crippen LogP contribution is 2.21. The average molecular weight is 320 g/mol. The van der Waals surface area contributed by atoms with Gasteiger partial charge in [0.05, 0.1) is 17.6 Å². The summed E-state index contributed by atoms with van der Waals surface area (Å²) in [5.74, 6) is -0.946. The zero-order valence-corrected chi connectivity index (χ0v) is 12.6. The van der Waals surface area contributed by atoms with Crippen LogP contribution >= 0.6 is 0 Å². The number of carbonyl (C=O) groups excluding carboxylic acids is 1. The van der Waals surface area contributed by atoms with Gasteiger partial charge in [0.2, 0.25) is 0 Å². The van der Waals surface area contributed by atoms with Gasteiger partial charge in [-0.05, 0) is 12.8 Å². The number of hydrogen-bond acceptors (Lipinski definition) is 5. The van der Waals surface area contributed by atoms with Crippen molar-refractivity contribution in [2.24, 2.45) is 0 Å². The van der Waals surface area contributed by atoms with E-state index in [0.29, 0.717) is 12.8 Å². The zero-order chi connectivity index (χ0) is 15.6. The second kappa shape index (κ2) is 6.18. The van der Waals surface area contributed by atoms with E-state index < -0.39 is 27.9 Å². The van der Waals surface area contributed by atoms with Gasteiger partial charge in [0.25, 0.3) is 0 Å². The summed E-state index contributed by atoms with van der Waals surface area (Å²) < 4.78 is 27.8. The van der Waals surface area contributed by atoms with Crippen molar-refractivity contribution in [1.82, 2.24) is 10.2 Å². The summed E-state index contributed by atoms with van der Waals surface area (Å²) in [5.41, 5.74) is 0. The molecule has 0 aromatic rings. The molecule has 2 amide bonds. The van der Waals surface area contributed by atoms with Crippen molar-refractivity contribution in [3.8, 4) is 0 Å². The van der Waals surface area contributed by atoms with Crippen molar-refractivity contribution in [2.45, 2.75) is 37.5 Å². The van der Waals surface area contributed by atoms with Crippen molar-refractivity contribution in [2.75, 3.05) is 25.2 Å². The van der Waals surface area contributed by atoms with Crippen LogP contribution in [-0.4, -0.2) is 73.8 Å². The molecule has 2 atom stereocenters. The van der Waals surface area contributed by atoms with Crippen LogP contribution in [-0.2, 0) is 19.4 Å². The van der Waals surface area contributed by atoms with Crippen molar-refractivity contribution >= 4 is 21.8 Å². The monoisotopic (exact) mass is 320 g/mol. The Morgan fingerprint density at radius 3 is 2.43 bits per heavy atom. The Hall–Kier alpha value is -1.35. The highest BCUT2D eigenvalue weighted by molar-refractivity contribution is 7.91. The predicted molar refractivity (Wildman–Crippen MR) is 73.8 cm³/mol. The largest absolute Gasteiger partial charge is 0.480 e. The number of nitrogens with one attached hydrogen (secondary N) is 1. The van der Waals surface area contributed by atoms with Gasteiger partial charge in [-0.15, -0.1) is 0 Å². The molecule has 2 fully saturated rings. The fourth-order valence-electron chi connectivity index (χ4n) is 2.72. The van der Waals surface area contributed by atoms with E-state index in [-0.39, 0.29) is 36.6 Å². The fraction of sp³-hybridized carbons (Fsp3) is 0.833. The number of nitrogens with zero attached hydrogens (tertiary/aromatic N) is 1. The average Bonchev–Trinajstić information content (AvgIpc) is 2.85. The molecule has 2 heterocycles. The molecule has 2 aliphatic heterocycles. The lowest BCUT2D eigenvalue weighted by Gasteiger charge is -2.27. The Balaban J connectivity index is 1.94. The maximum Gasteiger partial charge on any atom is 0.326 e. The summed E-state index contributed by atoms with van der Waals surface area (Å²) in [7, 11) is -1.50. The molecule has 0 saturated carbocycles. The molecule has 0 bridgehead atoms. The van der Waals surface area contributed by atoms with E-state index in [4.69, 9.17) is 9.84 Å². The van der Waals surface area contributed by atoms with Crippen molar-refractivity contribution in [1.29, 1.82) is 0 Å². The van der Waals surface area contributed by atoms with Crippen LogP contribution in [0, 0.1) is 0 Å². The molecule has 0 aromatic heterocycles. The SMILES string of the molecule is COC1CC(C(=O)O)N(C(=O)NC2CCS(=O)(=O)CC2)C1. The van der Waals surface area contributed by atoms with E-state index in [1.807, 2.05) is 0 Å². The molecule has 8 nitrogen and oxygen atoms in total. The topological polar surface area (TPSA) is 113 Å². The van der Waals surface area contributed by atoms with Crippen LogP contribution in [0.25, 0.3) is 0 Å². The summed E-state index contributed by atoms with van der Waals surface area (Å²) >= 11 is 0. The lowest BCUT2D eigenvalue weighted by molar-refractivity contribution is -0.141. The number of aliphatic carboxylic acids is 1. The van der Waals surface area contributed by atoms with E-state index in [9.17, 15) is 18.0 Å². The minimum Gasteiger partial charge on any atom is -0.480 e. The molecule has 0 radical (unpaired) electrons. The number of rotatable bonds is 3. The summed E-state index contributed by atoms with van der Waals surface area (Å²) in [6.45, 7) is 0.227. The van der Waals surface area contributed by atoms with Gasteiger partial charge < -0.3 is 20.1 Å². The van der Waals surface area contributed by atoms with E-state index in [0.717, 1.165) is 0 Å². The highest BCUT2D eigenvalue weighted by atomic mass is 32.2. The second-order valence-electron chi connectivity index (χ2n) is 5.48. The fourth-order valence-corrected chi connectivity index (χ4v) is 4.21. The Labute approximate surface area is 123 Å². The number of sulfone groups is 1. The summed E-state index contributed by atoms with van der Waals surface area (Å²) in [5, 5.41) is 11.9. The molecule has 2 rings (SSSR count). The molecule has 2 unspecified atom stereocenters. The minimum atomic E-state index is -2.99. The number of likely N-dealkylation sites (tertiary alicyclic amines) is 1. The molecule has 2 aliphatic rings. The van der Waals surface area contributed by atoms with Crippen LogP contribution in [0.5, 0.6) is 0 Å². The number of carboxylic acid groups (broad SMARTS) is 1. The molecule has 2 N–H and O–H groups in total. The third kappa shape index (κ3) is 3.85. The van der Waals surface area contributed by atoms with E-state index in [1.54, 1.807) is 0 Å². The number of amides is 2. The lowest BCUT2D eigenvalue weighted by atomic mass is 10.1. The molecule has 2 saturated heterocycles. The highest BCUT2D eigenvalue weighted by Gasteiger charge is 2.40. The first-order chi connectivity index (χ1) is 9.82. The van der Waals surface area contributed by atoms with E-state index in [2.05, 4.69) is 5.32 Å². The summed E-state index contributed by atoms with van der Waals surface area (Å²) in [6, 6.07) is -1.59. The van der Waals surface area contributed by atoms with Crippen LogP contribution in [0.2, 0.25) is 0 Å². The molecule has 9 heteroatoms. The lowest BCUT2D eigenvalue weighted by Crippen LogP contribution is -2.50. The normalized spacial score (nSPS) is 29.3. The summed E-state index contributed by atoms with van der Waals surface area (Å²) in [6.07, 6.45) is 0.711. The van der Waals surface area contributed by atoms with Gasteiger partial charge in [-0.1, -0.05) is 0 Å². The number of methoxy groups -OCH3 is 1. The first kappa shape index (κ1) is 16.0. The van der Waals surface area contributed by atoms with E-state index in [1.165, 1.54) is 12.0 Å². The molecular weight excluding hydrogens is 300 g/mol. The van der Waals surface area contributed by atoms with Gasteiger partial charge in [-0.2, -0.15) is 0 Å². The van der Waals surface area contributed by atoms with Crippen LogP contribution in [0.3, 0.4) is 0 Å². The van der Waals surface area contributed by atoms with Crippen LogP contribution in [0.15, 0.2) is 0 Å². The van der Waals surface area contributed by atoms with Gasteiger partial charge in [-0.3, -0.25) is 0 Å². The zero-order valence-electron chi connectivity index (χ0n) is 11.8. The molecule has 0 aliphatic carbocycles.